The van der Waals surface area contributed by atoms with Gasteiger partial charge >= 0.3 is 0 Å². The topological polar surface area (TPSA) is 50.4 Å². The van der Waals surface area contributed by atoms with Gasteiger partial charge in [-0.05, 0) is 89.5 Å². The zero-order valence-electron chi connectivity index (χ0n) is 19.0. The number of phenolic OH excluding ortho intramolecular Hbond substituents is 1. The van der Waals surface area contributed by atoms with Crippen LogP contribution in [0.25, 0.3) is 5.69 Å². The maximum Gasteiger partial charge on any atom is 0.286 e. The van der Waals surface area contributed by atoms with Crippen LogP contribution < -0.4 is 5.56 Å². The number of nitrogens with zero attached hydrogens (tertiary/aromatic N) is 3. The first kappa shape index (κ1) is 21.2. The molecule has 3 aromatic rings. The molecule has 2 aliphatic carbocycles. The number of phenols is 1. The van der Waals surface area contributed by atoms with E-state index in [0.29, 0.717) is 22.2 Å². The molecule has 0 radical (unpaired) electrons. The van der Waals surface area contributed by atoms with Crippen LogP contribution in [0.5, 0.6) is 5.75 Å². The van der Waals surface area contributed by atoms with Crippen molar-refractivity contribution in [3.8, 4) is 11.4 Å². The van der Waals surface area contributed by atoms with E-state index in [1.807, 2.05) is 48.1 Å². The van der Waals surface area contributed by atoms with Crippen molar-refractivity contribution in [2.75, 3.05) is 6.54 Å². The summed E-state index contributed by atoms with van der Waals surface area (Å²) in [6.07, 6.45) is 7.19. The van der Waals surface area contributed by atoms with Gasteiger partial charge in [0.25, 0.3) is 5.56 Å². The van der Waals surface area contributed by atoms with Crippen molar-refractivity contribution in [3.05, 3.63) is 80.2 Å². The number of benzene rings is 2. The van der Waals surface area contributed by atoms with Gasteiger partial charge in [-0.25, -0.2) is 4.68 Å². The van der Waals surface area contributed by atoms with Crippen molar-refractivity contribution >= 4 is 15.9 Å². The van der Waals surface area contributed by atoms with Gasteiger partial charge in [0.15, 0.2) is 0 Å². The maximum atomic E-state index is 13.1. The zero-order chi connectivity index (χ0) is 22.7. The fourth-order valence-corrected chi connectivity index (χ4v) is 7.66. The first-order valence-corrected chi connectivity index (χ1v) is 12.9. The van der Waals surface area contributed by atoms with E-state index in [9.17, 15) is 9.90 Å². The summed E-state index contributed by atoms with van der Waals surface area (Å²) in [7, 11) is 1.99. The number of aromatic hydroxyl groups is 1. The number of hydrogen-bond donors (Lipinski definition) is 1. The Morgan fingerprint density at radius 1 is 1.12 bits per heavy atom. The number of likely N-dealkylation sites (tertiary alicyclic amines) is 1. The van der Waals surface area contributed by atoms with Crippen LogP contribution in [-0.2, 0) is 25.4 Å². The molecule has 6 heteroatoms. The Labute approximate surface area is 202 Å². The SMILES string of the molecule is Cn1c(CN2CC[C@@]34CCCCC3[C@H]2Cc2ccc(O)cc24)c(Br)c(=O)n1-c1ccccc1. The third-order valence-corrected chi connectivity index (χ3v) is 9.41. The lowest BCUT2D eigenvalue weighted by molar-refractivity contribution is -0.0169. The molecular formula is C27H30BrN3O2. The Bertz CT molecular complexity index is 1260. The van der Waals surface area contributed by atoms with Crippen LogP contribution in [0.1, 0.15) is 48.9 Å². The molecule has 3 aliphatic rings. The number of hydrogen-bond acceptors (Lipinski definition) is 3. The van der Waals surface area contributed by atoms with Crippen molar-refractivity contribution in [2.24, 2.45) is 13.0 Å². The van der Waals surface area contributed by atoms with Crippen molar-refractivity contribution < 1.29 is 5.11 Å². The van der Waals surface area contributed by atoms with Gasteiger partial charge < -0.3 is 5.11 Å². The van der Waals surface area contributed by atoms with Crippen LogP contribution in [0, 0.1) is 5.92 Å². The van der Waals surface area contributed by atoms with Crippen LogP contribution in [0.3, 0.4) is 0 Å². The molecule has 3 atom stereocenters. The molecule has 2 fully saturated rings. The summed E-state index contributed by atoms with van der Waals surface area (Å²) >= 11 is 3.64. The molecule has 1 saturated heterocycles. The highest BCUT2D eigenvalue weighted by Gasteiger charge is 2.53. The molecular weight excluding hydrogens is 478 g/mol. The van der Waals surface area contributed by atoms with Gasteiger partial charge in [-0.15, -0.1) is 0 Å². The molecule has 5 nitrogen and oxygen atoms in total. The summed E-state index contributed by atoms with van der Waals surface area (Å²) in [6, 6.07) is 16.4. The summed E-state index contributed by atoms with van der Waals surface area (Å²) in [5.41, 5.74) is 4.91. The summed E-state index contributed by atoms with van der Waals surface area (Å²) < 4.78 is 4.43. The quantitative estimate of drug-likeness (QED) is 0.548. The summed E-state index contributed by atoms with van der Waals surface area (Å²) in [5.74, 6) is 1.01. The highest BCUT2D eigenvalue weighted by atomic mass is 79.9. The number of para-hydroxylation sites is 1. The van der Waals surface area contributed by atoms with Crippen molar-refractivity contribution in [2.45, 2.75) is 56.5 Å². The molecule has 2 bridgehead atoms. The number of halogens is 1. The Kier molecular flexibility index (Phi) is 5.07. The first-order valence-electron chi connectivity index (χ1n) is 12.1. The number of fused-ring (bicyclic) bond motifs is 1. The number of piperidine rings is 1. The van der Waals surface area contributed by atoms with E-state index >= 15 is 0 Å². The molecule has 0 spiro atoms. The molecule has 172 valence electrons. The van der Waals surface area contributed by atoms with E-state index in [1.54, 1.807) is 4.68 Å². The molecule has 33 heavy (non-hydrogen) atoms. The average Bonchev–Trinajstić information content (AvgIpc) is 3.04. The largest absolute Gasteiger partial charge is 0.508 e. The molecule has 6 rings (SSSR count). The fourth-order valence-electron chi connectivity index (χ4n) is 7.11. The summed E-state index contributed by atoms with van der Waals surface area (Å²) in [6.45, 7) is 1.78. The monoisotopic (exact) mass is 507 g/mol. The molecule has 1 aromatic heterocycles. The van der Waals surface area contributed by atoms with Crippen LogP contribution in [0.15, 0.2) is 57.8 Å². The van der Waals surface area contributed by atoms with Crippen LogP contribution >= 0.6 is 15.9 Å². The van der Waals surface area contributed by atoms with E-state index in [-0.39, 0.29) is 11.0 Å². The minimum Gasteiger partial charge on any atom is -0.508 e. The van der Waals surface area contributed by atoms with Gasteiger partial charge in [-0.2, -0.15) is 0 Å². The van der Waals surface area contributed by atoms with E-state index in [4.69, 9.17) is 0 Å². The van der Waals surface area contributed by atoms with E-state index in [0.717, 1.165) is 37.3 Å². The van der Waals surface area contributed by atoms with Gasteiger partial charge in [0.1, 0.15) is 10.2 Å². The van der Waals surface area contributed by atoms with E-state index < -0.39 is 0 Å². The second kappa shape index (κ2) is 7.88. The standard InChI is InChI=1S/C27H30BrN3O2/c1-29-24(25(28)26(33)31(29)19-7-3-2-4-8-19)17-30-14-13-27-12-6-5-9-21(27)23(30)15-18-10-11-20(32)16-22(18)27/h2-4,7-8,10-11,16,21,23,32H,5-6,9,12-15,17H2,1H3/t21?,23-,27+/m1/s1. The number of aromatic nitrogens is 2. The minimum absolute atomic E-state index is 0.00723. The van der Waals surface area contributed by atoms with Crippen LogP contribution in [-0.4, -0.2) is 32.0 Å². The second-order valence-corrected chi connectivity index (χ2v) is 10.9. The Balaban J connectivity index is 1.38. The number of rotatable bonds is 3. The Morgan fingerprint density at radius 2 is 1.94 bits per heavy atom. The van der Waals surface area contributed by atoms with Crippen LogP contribution in [0.4, 0.5) is 0 Å². The smallest absolute Gasteiger partial charge is 0.286 e. The predicted octanol–water partition coefficient (Wildman–Crippen LogP) is 4.90. The fraction of sp³-hybridized carbons (Fsp3) is 0.444. The van der Waals surface area contributed by atoms with Crippen molar-refractivity contribution in [1.29, 1.82) is 0 Å². The third kappa shape index (κ3) is 3.17. The summed E-state index contributed by atoms with van der Waals surface area (Å²) in [5, 5.41) is 10.3. The van der Waals surface area contributed by atoms with Gasteiger partial charge in [0, 0.05) is 25.0 Å². The Hall–Kier alpha value is -2.31. The van der Waals surface area contributed by atoms with Crippen molar-refractivity contribution in [3.63, 3.8) is 0 Å². The third-order valence-electron chi connectivity index (χ3n) is 8.61. The van der Waals surface area contributed by atoms with Gasteiger partial charge in [-0.1, -0.05) is 37.1 Å². The molecule has 1 aliphatic heterocycles. The lowest BCUT2D eigenvalue weighted by Crippen LogP contribution is -2.60. The molecule has 1 unspecified atom stereocenters. The molecule has 0 amide bonds. The van der Waals surface area contributed by atoms with Gasteiger partial charge in [0.05, 0.1) is 11.4 Å². The highest BCUT2D eigenvalue weighted by Crippen LogP contribution is 2.56. The van der Waals surface area contributed by atoms with E-state index in [2.05, 4.69) is 33.0 Å². The van der Waals surface area contributed by atoms with Gasteiger partial charge in [-0.3, -0.25) is 14.4 Å². The Morgan fingerprint density at radius 3 is 2.76 bits per heavy atom. The normalized spacial score (nSPS) is 26.6. The van der Waals surface area contributed by atoms with Crippen molar-refractivity contribution in [1.82, 2.24) is 14.3 Å². The van der Waals surface area contributed by atoms with Gasteiger partial charge in [0.2, 0.25) is 0 Å². The molecule has 2 heterocycles. The lowest BCUT2D eigenvalue weighted by Gasteiger charge is -2.59. The molecule has 1 N–H and O–H groups in total. The van der Waals surface area contributed by atoms with E-state index in [1.165, 1.54) is 36.8 Å². The lowest BCUT2D eigenvalue weighted by atomic mass is 9.52. The predicted molar refractivity (Wildman–Crippen MR) is 133 cm³/mol. The zero-order valence-corrected chi connectivity index (χ0v) is 20.6. The maximum absolute atomic E-state index is 13.1. The first-order chi connectivity index (χ1) is 16.0. The molecule has 1 saturated carbocycles. The average molecular weight is 508 g/mol. The second-order valence-electron chi connectivity index (χ2n) is 10.1. The van der Waals surface area contributed by atoms with Crippen LogP contribution in [0.2, 0.25) is 0 Å². The highest BCUT2D eigenvalue weighted by molar-refractivity contribution is 9.10. The minimum atomic E-state index is -0.00723. The summed E-state index contributed by atoms with van der Waals surface area (Å²) in [4.78, 5) is 15.8. The molecule has 2 aromatic carbocycles.